The first-order valence-corrected chi connectivity index (χ1v) is 9.43. The van der Waals surface area contributed by atoms with Crippen molar-refractivity contribution in [1.29, 1.82) is 0 Å². The smallest absolute Gasteiger partial charge is 0.254 e. The van der Waals surface area contributed by atoms with Crippen LogP contribution in [0.2, 0.25) is 0 Å². The Balaban J connectivity index is 1.55. The summed E-state index contributed by atoms with van der Waals surface area (Å²) in [7, 11) is 1.64. The molecule has 1 saturated carbocycles. The number of aromatic amines is 1. The minimum absolute atomic E-state index is 0.0435. The SMILES string of the molecule is COc1ncc(Br)cc1CN1CCc2c(nc(CC3CC3)[nH]c2=O)C1. The number of hydrogen-bond donors (Lipinski definition) is 1. The Morgan fingerprint density at radius 2 is 2.28 bits per heavy atom. The van der Waals surface area contributed by atoms with Gasteiger partial charge in [0.15, 0.2) is 0 Å². The molecule has 0 spiro atoms. The van der Waals surface area contributed by atoms with Crippen molar-refractivity contribution in [3.05, 3.63) is 49.7 Å². The summed E-state index contributed by atoms with van der Waals surface area (Å²) in [6.07, 6.45) is 5.86. The van der Waals surface area contributed by atoms with E-state index in [1.807, 2.05) is 6.07 Å². The summed E-state index contributed by atoms with van der Waals surface area (Å²) in [6, 6.07) is 2.03. The van der Waals surface area contributed by atoms with Crippen molar-refractivity contribution >= 4 is 15.9 Å². The molecule has 7 heteroatoms. The average molecular weight is 405 g/mol. The highest BCUT2D eigenvalue weighted by Gasteiger charge is 2.26. The van der Waals surface area contributed by atoms with Gasteiger partial charge in [-0.25, -0.2) is 9.97 Å². The molecule has 1 fully saturated rings. The predicted octanol–water partition coefficient (Wildman–Crippen LogP) is 2.45. The molecule has 1 aliphatic heterocycles. The molecule has 0 amide bonds. The number of rotatable bonds is 5. The number of pyridine rings is 1. The first-order valence-electron chi connectivity index (χ1n) is 8.64. The van der Waals surface area contributed by atoms with Crippen LogP contribution in [0.5, 0.6) is 5.88 Å². The summed E-state index contributed by atoms with van der Waals surface area (Å²) in [4.78, 5) is 26.7. The molecule has 0 radical (unpaired) electrons. The molecule has 25 heavy (non-hydrogen) atoms. The first-order chi connectivity index (χ1) is 12.1. The van der Waals surface area contributed by atoms with Crippen LogP contribution in [0.1, 0.15) is 35.5 Å². The van der Waals surface area contributed by atoms with Crippen molar-refractivity contribution in [2.24, 2.45) is 5.92 Å². The Labute approximate surface area is 154 Å². The lowest BCUT2D eigenvalue weighted by molar-refractivity contribution is 0.235. The van der Waals surface area contributed by atoms with Gasteiger partial charge >= 0.3 is 0 Å². The molecule has 4 rings (SSSR count). The topological polar surface area (TPSA) is 71.1 Å². The average Bonchev–Trinajstić information content (AvgIpc) is 3.39. The largest absolute Gasteiger partial charge is 0.481 e. The fraction of sp³-hybridized carbons (Fsp3) is 0.500. The summed E-state index contributed by atoms with van der Waals surface area (Å²) in [6.45, 7) is 2.24. The Kier molecular flexibility index (Phi) is 4.60. The van der Waals surface area contributed by atoms with Gasteiger partial charge in [-0.3, -0.25) is 9.69 Å². The number of fused-ring (bicyclic) bond motifs is 1. The van der Waals surface area contributed by atoms with Gasteiger partial charge in [0, 0.05) is 47.9 Å². The van der Waals surface area contributed by atoms with Gasteiger partial charge in [0.2, 0.25) is 5.88 Å². The van der Waals surface area contributed by atoms with Crippen LogP contribution < -0.4 is 10.3 Å². The third-order valence-electron chi connectivity index (χ3n) is 4.86. The predicted molar refractivity (Wildman–Crippen MR) is 97.6 cm³/mol. The molecular formula is C18H21BrN4O2. The molecule has 2 aromatic heterocycles. The molecular weight excluding hydrogens is 384 g/mol. The zero-order valence-electron chi connectivity index (χ0n) is 14.2. The van der Waals surface area contributed by atoms with Gasteiger partial charge in [0.05, 0.1) is 12.8 Å². The summed E-state index contributed by atoms with van der Waals surface area (Å²) in [5.74, 6) is 2.19. The molecule has 2 aromatic rings. The number of methoxy groups -OCH3 is 1. The van der Waals surface area contributed by atoms with Crippen LogP contribution in [0.15, 0.2) is 21.5 Å². The molecule has 0 unspecified atom stereocenters. The lowest BCUT2D eigenvalue weighted by Gasteiger charge is -2.28. The van der Waals surface area contributed by atoms with E-state index < -0.39 is 0 Å². The van der Waals surface area contributed by atoms with E-state index in [4.69, 9.17) is 9.72 Å². The maximum atomic E-state index is 12.3. The van der Waals surface area contributed by atoms with Crippen LogP contribution in [-0.4, -0.2) is 33.5 Å². The second-order valence-corrected chi connectivity index (χ2v) is 7.78. The van der Waals surface area contributed by atoms with E-state index in [0.717, 1.165) is 53.0 Å². The molecule has 132 valence electrons. The van der Waals surface area contributed by atoms with Gasteiger partial charge in [-0.2, -0.15) is 0 Å². The van der Waals surface area contributed by atoms with Gasteiger partial charge in [-0.1, -0.05) is 0 Å². The van der Waals surface area contributed by atoms with E-state index in [1.54, 1.807) is 13.3 Å². The Morgan fingerprint density at radius 1 is 1.44 bits per heavy atom. The van der Waals surface area contributed by atoms with Gasteiger partial charge in [-0.15, -0.1) is 0 Å². The lowest BCUT2D eigenvalue weighted by Crippen LogP contribution is -2.35. The van der Waals surface area contributed by atoms with Crippen molar-refractivity contribution < 1.29 is 4.74 Å². The van der Waals surface area contributed by atoms with Crippen molar-refractivity contribution in [3.63, 3.8) is 0 Å². The number of aromatic nitrogens is 3. The van der Waals surface area contributed by atoms with E-state index in [-0.39, 0.29) is 5.56 Å². The fourth-order valence-electron chi connectivity index (χ4n) is 3.38. The highest BCUT2D eigenvalue weighted by atomic mass is 79.9. The minimum Gasteiger partial charge on any atom is -0.481 e. The molecule has 6 nitrogen and oxygen atoms in total. The number of halogens is 1. The summed E-state index contributed by atoms with van der Waals surface area (Å²) >= 11 is 3.47. The number of H-pyrrole nitrogens is 1. The minimum atomic E-state index is 0.0435. The number of nitrogens with zero attached hydrogens (tertiary/aromatic N) is 3. The van der Waals surface area contributed by atoms with Crippen LogP contribution in [0.4, 0.5) is 0 Å². The second kappa shape index (κ2) is 6.88. The van der Waals surface area contributed by atoms with E-state index in [0.29, 0.717) is 18.3 Å². The van der Waals surface area contributed by atoms with Gasteiger partial charge in [0.1, 0.15) is 5.82 Å². The van der Waals surface area contributed by atoms with Gasteiger partial charge in [-0.05, 0) is 47.2 Å². The quantitative estimate of drug-likeness (QED) is 0.828. The molecule has 1 aliphatic carbocycles. The van der Waals surface area contributed by atoms with Gasteiger partial charge < -0.3 is 9.72 Å². The molecule has 3 heterocycles. The van der Waals surface area contributed by atoms with E-state index in [9.17, 15) is 4.79 Å². The van der Waals surface area contributed by atoms with E-state index in [2.05, 4.69) is 30.8 Å². The fourth-order valence-corrected chi connectivity index (χ4v) is 3.76. The molecule has 2 aliphatic rings. The zero-order valence-corrected chi connectivity index (χ0v) is 15.8. The number of ether oxygens (including phenoxy) is 1. The molecule has 1 N–H and O–H groups in total. The number of nitrogens with one attached hydrogen (secondary N) is 1. The Hall–Kier alpha value is -1.73. The number of hydrogen-bond acceptors (Lipinski definition) is 5. The highest BCUT2D eigenvalue weighted by molar-refractivity contribution is 9.10. The second-order valence-electron chi connectivity index (χ2n) is 6.87. The van der Waals surface area contributed by atoms with Crippen LogP contribution in [0.3, 0.4) is 0 Å². The molecule has 0 saturated heterocycles. The maximum absolute atomic E-state index is 12.3. The normalized spacial score (nSPS) is 17.4. The molecule has 0 atom stereocenters. The lowest BCUT2D eigenvalue weighted by atomic mass is 10.1. The zero-order chi connectivity index (χ0) is 17.4. The summed E-state index contributed by atoms with van der Waals surface area (Å²) in [5, 5.41) is 0. The van der Waals surface area contributed by atoms with Crippen molar-refractivity contribution in [2.45, 2.75) is 38.8 Å². The van der Waals surface area contributed by atoms with Crippen molar-refractivity contribution in [1.82, 2.24) is 19.9 Å². The standard InChI is InChI=1S/C18H21BrN4O2/c1-25-18-12(7-13(19)8-20-18)9-23-5-4-14-15(10-23)21-16(22-17(14)24)6-11-2-3-11/h7-8,11H,2-6,9-10H2,1H3,(H,21,22,24). The summed E-state index contributed by atoms with van der Waals surface area (Å²) in [5.41, 5.74) is 2.84. The maximum Gasteiger partial charge on any atom is 0.254 e. The van der Waals surface area contributed by atoms with Crippen molar-refractivity contribution in [2.75, 3.05) is 13.7 Å². The van der Waals surface area contributed by atoms with E-state index >= 15 is 0 Å². The van der Waals surface area contributed by atoms with Crippen LogP contribution in [0.25, 0.3) is 0 Å². The van der Waals surface area contributed by atoms with Crippen molar-refractivity contribution in [3.8, 4) is 5.88 Å². The Bertz CT molecular complexity index is 847. The van der Waals surface area contributed by atoms with Crippen LogP contribution in [0, 0.1) is 5.92 Å². The van der Waals surface area contributed by atoms with Crippen LogP contribution in [-0.2, 0) is 25.9 Å². The highest BCUT2D eigenvalue weighted by Crippen LogP contribution is 2.31. The monoisotopic (exact) mass is 404 g/mol. The van der Waals surface area contributed by atoms with E-state index in [1.165, 1.54) is 12.8 Å². The van der Waals surface area contributed by atoms with Gasteiger partial charge in [0.25, 0.3) is 5.56 Å². The molecule has 0 bridgehead atoms. The molecule has 0 aromatic carbocycles. The third-order valence-corrected chi connectivity index (χ3v) is 5.29. The first kappa shape index (κ1) is 16.7. The summed E-state index contributed by atoms with van der Waals surface area (Å²) < 4.78 is 6.30. The third kappa shape index (κ3) is 3.77. The Morgan fingerprint density at radius 3 is 3.04 bits per heavy atom. The van der Waals surface area contributed by atoms with Crippen LogP contribution >= 0.6 is 15.9 Å².